The van der Waals surface area contributed by atoms with Gasteiger partial charge < -0.3 is 0 Å². The fourth-order valence-electron chi connectivity index (χ4n) is 17.0. The molecule has 41 heavy (non-hydrogen) atoms. The van der Waals surface area contributed by atoms with Crippen molar-refractivity contribution in [3.8, 4) is 0 Å². The van der Waals surface area contributed by atoms with Crippen LogP contribution < -0.4 is 0 Å². The average molecular weight is 601 g/mol. The molecule has 0 N–H and O–H groups in total. The Bertz CT molecular complexity index is 976. The third kappa shape index (κ3) is 2.88. The summed E-state index contributed by atoms with van der Waals surface area (Å²) >= 11 is -2.43. The Morgan fingerprint density at radius 3 is 0.707 bits per heavy atom. The van der Waals surface area contributed by atoms with Crippen molar-refractivity contribution in [3.05, 3.63) is 0 Å². The molecule has 234 valence electrons. The first-order chi connectivity index (χ1) is 18.8. The maximum atomic E-state index is 2.87. The van der Waals surface area contributed by atoms with Crippen LogP contribution in [0.1, 0.15) is 160 Å². The Labute approximate surface area is 258 Å². The molecule has 8 rings (SSSR count). The molecule has 0 aliphatic heterocycles. The van der Waals surface area contributed by atoms with Crippen LogP contribution in [0.15, 0.2) is 0 Å². The van der Waals surface area contributed by atoms with Gasteiger partial charge in [-0.1, -0.05) is 0 Å². The van der Waals surface area contributed by atoms with Gasteiger partial charge in [0, 0.05) is 0 Å². The van der Waals surface area contributed by atoms with E-state index >= 15 is 0 Å². The first kappa shape index (κ1) is 29.0. The third-order valence-electron chi connectivity index (χ3n) is 18.4. The molecule has 0 aromatic rings. The summed E-state index contributed by atoms with van der Waals surface area (Å²) in [6.45, 7) is 33.6. The van der Waals surface area contributed by atoms with Gasteiger partial charge in [-0.15, -0.1) is 0 Å². The van der Waals surface area contributed by atoms with Gasteiger partial charge in [0.2, 0.25) is 0 Å². The van der Waals surface area contributed by atoms with Crippen molar-refractivity contribution in [3.63, 3.8) is 0 Å². The van der Waals surface area contributed by atoms with E-state index in [9.17, 15) is 0 Å². The van der Waals surface area contributed by atoms with Gasteiger partial charge >= 0.3 is 259 Å². The van der Waals surface area contributed by atoms with E-state index < -0.39 is 13.1 Å². The standard InChI is InChI=1S/4C10H17.Cr/c4*1-7-4-9-5-8(7)6-10(9,2)3;/h4*7,9H,4-6H2,1-3H3;. The topological polar surface area (TPSA) is 0 Å². The Hall–Kier alpha value is 0.532. The SMILES string of the molecule is CC1CC2C[C]1([Cr]([C]13CC(CC1C)C(C)(C)C3)([C]13CC(CC1C)C(C)(C)C3)[C]13CC(CC1C)C(C)(C)C3)CC2(C)C. The van der Waals surface area contributed by atoms with Gasteiger partial charge in [-0.25, -0.2) is 0 Å². The molecule has 8 aliphatic carbocycles. The van der Waals surface area contributed by atoms with Crippen LogP contribution in [0.5, 0.6) is 0 Å². The molecule has 0 aromatic heterocycles. The molecule has 0 spiro atoms. The molecule has 0 aromatic carbocycles. The van der Waals surface area contributed by atoms with Crippen LogP contribution in [0.3, 0.4) is 0 Å². The first-order valence-corrected chi connectivity index (χ1v) is 21.1. The van der Waals surface area contributed by atoms with E-state index in [2.05, 4.69) is 83.1 Å². The minimum absolute atomic E-state index is 0.555. The third-order valence-corrected chi connectivity index (χ3v) is 30.5. The Kier molecular flexibility index (Phi) is 5.46. The molecule has 0 heterocycles. The van der Waals surface area contributed by atoms with Crippen LogP contribution in [0.25, 0.3) is 0 Å². The fraction of sp³-hybridized carbons (Fsp3) is 1.00. The maximum absolute atomic E-state index is 2.87. The minimum atomic E-state index is -2.43. The van der Waals surface area contributed by atoms with E-state index in [0.29, 0.717) is 38.8 Å². The molecular weight excluding hydrogens is 532 g/mol. The summed E-state index contributed by atoms with van der Waals surface area (Å²) in [5.74, 6) is 7.84. The van der Waals surface area contributed by atoms with Gasteiger partial charge in [-0.3, -0.25) is 0 Å². The van der Waals surface area contributed by atoms with Crippen LogP contribution in [-0.4, -0.2) is 0 Å². The Morgan fingerprint density at radius 2 is 0.561 bits per heavy atom. The number of fused-ring (bicyclic) bond motifs is 8. The molecule has 8 fully saturated rings. The molecule has 0 nitrogen and oxygen atoms in total. The zero-order valence-corrected chi connectivity index (χ0v) is 30.8. The van der Waals surface area contributed by atoms with Gasteiger partial charge in [0.15, 0.2) is 0 Å². The number of rotatable bonds is 4. The van der Waals surface area contributed by atoms with Gasteiger partial charge in [0.1, 0.15) is 0 Å². The molecule has 1 heteroatoms. The quantitative estimate of drug-likeness (QED) is 0.301. The van der Waals surface area contributed by atoms with E-state index in [1.54, 1.807) is 77.0 Å². The molecule has 8 saturated carbocycles. The van der Waals surface area contributed by atoms with E-state index in [-0.39, 0.29) is 0 Å². The number of hydrogen-bond donors (Lipinski definition) is 0. The van der Waals surface area contributed by atoms with Gasteiger partial charge in [0.05, 0.1) is 0 Å². The van der Waals surface area contributed by atoms with Crippen LogP contribution >= 0.6 is 0 Å². The molecular formula is C40H68Cr. The molecule has 0 saturated heterocycles. The Balaban J connectivity index is 1.53. The van der Waals surface area contributed by atoms with Gasteiger partial charge in [-0.2, -0.15) is 0 Å². The van der Waals surface area contributed by atoms with E-state index in [4.69, 9.17) is 0 Å². The predicted octanol–water partition coefficient (Wildman–Crippen LogP) is 12.7. The van der Waals surface area contributed by atoms with Gasteiger partial charge in [-0.05, 0) is 0 Å². The second-order valence-electron chi connectivity index (χ2n) is 21.7. The van der Waals surface area contributed by atoms with Crippen LogP contribution in [-0.2, 0) is 13.1 Å². The summed E-state index contributed by atoms with van der Waals surface area (Å²) in [6.07, 6.45) is 19.3. The van der Waals surface area contributed by atoms with Crippen molar-refractivity contribution < 1.29 is 13.1 Å². The zero-order valence-electron chi connectivity index (χ0n) is 29.5. The first-order valence-electron chi connectivity index (χ1n) is 18.6. The summed E-state index contributed by atoms with van der Waals surface area (Å²) in [7, 11) is 0. The molecule has 8 bridgehead atoms. The molecule has 8 aliphatic rings. The second kappa shape index (κ2) is 7.73. The molecule has 12 atom stereocenters. The predicted molar refractivity (Wildman–Crippen MR) is 172 cm³/mol. The summed E-state index contributed by atoms with van der Waals surface area (Å²) < 4.78 is 2.73. The molecule has 12 unspecified atom stereocenters. The fourth-order valence-corrected chi connectivity index (χ4v) is 35.4. The van der Waals surface area contributed by atoms with Crippen LogP contribution in [0.4, 0.5) is 0 Å². The zero-order chi connectivity index (χ0) is 29.6. The molecule has 0 amide bonds. The van der Waals surface area contributed by atoms with Crippen molar-refractivity contribution in [1.29, 1.82) is 0 Å². The summed E-state index contributed by atoms with van der Waals surface area (Å²) in [5.41, 5.74) is 2.22. The summed E-state index contributed by atoms with van der Waals surface area (Å²) in [4.78, 5) is 0. The van der Waals surface area contributed by atoms with Crippen molar-refractivity contribution in [2.75, 3.05) is 0 Å². The van der Waals surface area contributed by atoms with Gasteiger partial charge in [0.25, 0.3) is 0 Å². The van der Waals surface area contributed by atoms with Crippen LogP contribution in [0.2, 0.25) is 17.1 Å². The number of hydrogen-bond acceptors (Lipinski definition) is 0. The van der Waals surface area contributed by atoms with Crippen molar-refractivity contribution in [1.82, 2.24) is 0 Å². The van der Waals surface area contributed by atoms with E-state index in [1.807, 2.05) is 0 Å². The van der Waals surface area contributed by atoms with Crippen molar-refractivity contribution >= 4 is 0 Å². The van der Waals surface area contributed by atoms with Crippen molar-refractivity contribution in [2.24, 2.45) is 69.0 Å². The van der Waals surface area contributed by atoms with Crippen molar-refractivity contribution in [2.45, 2.75) is 177 Å². The monoisotopic (exact) mass is 600 g/mol. The second-order valence-corrected chi connectivity index (χ2v) is 28.7. The summed E-state index contributed by atoms with van der Waals surface area (Å²) in [5, 5.41) is 0. The Morgan fingerprint density at radius 1 is 0.366 bits per heavy atom. The van der Waals surface area contributed by atoms with Crippen LogP contribution in [0, 0.1) is 69.0 Å². The normalized spacial score (nSPS) is 60.2. The average Bonchev–Trinajstić information content (AvgIpc) is 3.65. The molecule has 0 radical (unpaired) electrons. The van der Waals surface area contributed by atoms with E-state index in [0.717, 1.165) is 47.3 Å². The van der Waals surface area contributed by atoms with E-state index in [1.165, 1.54) is 0 Å². The summed E-state index contributed by atoms with van der Waals surface area (Å²) in [6, 6.07) is 0.